The van der Waals surface area contributed by atoms with E-state index in [2.05, 4.69) is 0 Å². The number of nitrogens with zero attached hydrogens (tertiary/aromatic N) is 1. The molecule has 0 amide bonds. The first-order valence-electron chi connectivity index (χ1n) is 4.01. The van der Waals surface area contributed by atoms with Crippen molar-refractivity contribution >= 4 is 0 Å². The largest absolute Gasteiger partial charge is 0.434 e. The quantitative estimate of drug-likeness (QED) is 0.413. The summed E-state index contributed by atoms with van der Waals surface area (Å²) >= 11 is 0. The van der Waals surface area contributed by atoms with E-state index in [4.69, 9.17) is 14.4 Å². The highest BCUT2D eigenvalue weighted by atomic mass is 16.6. The number of hydrogen-bond donors (Lipinski definition) is 0. The topological polar surface area (TPSA) is 46.2 Å². The summed E-state index contributed by atoms with van der Waals surface area (Å²) in [6.45, 7) is 0. The fourth-order valence-electron chi connectivity index (χ4n) is 0.709. The third-order valence-electron chi connectivity index (χ3n) is 1.26. The second-order valence-corrected chi connectivity index (χ2v) is 2.25. The summed E-state index contributed by atoms with van der Waals surface area (Å²) in [6.07, 6.45) is 11.2. The van der Waals surface area contributed by atoms with Crippen molar-refractivity contribution in [2.45, 2.75) is 0 Å². The zero-order chi connectivity index (χ0) is 10.1. The van der Waals surface area contributed by atoms with Crippen LogP contribution in [0.5, 0.6) is 5.95 Å². The Bertz CT molecular complexity index is 366. The van der Waals surface area contributed by atoms with Crippen molar-refractivity contribution in [2.75, 3.05) is 0 Å². The van der Waals surface area contributed by atoms with Crippen molar-refractivity contribution in [3.05, 3.63) is 55.0 Å². The van der Waals surface area contributed by atoms with Gasteiger partial charge in [0.2, 0.25) is 0 Å². The standard InChI is InChI=1S/C11H9NO2/c12-8-4-2-1-3-5-9-13-11-7-6-10-14-11/h1-7,9-10H. The Balaban J connectivity index is 2.25. The van der Waals surface area contributed by atoms with Crippen LogP contribution in [-0.2, 0) is 0 Å². The zero-order valence-electron chi connectivity index (χ0n) is 7.46. The Morgan fingerprint density at radius 1 is 1.29 bits per heavy atom. The van der Waals surface area contributed by atoms with E-state index < -0.39 is 0 Å². The van der Waals surface area contributed by atoms with E-state index in [0.29, 0.717) is 5.95 Å². The van der Waals surface area contributed by atoms with Gasteiger partial charge in [-0.1, -0.05) is 18.2 Å². The molecular weight excluding hydrogens is 178 g/mol. The molecule has 1 aromatic heterocycles. The Morgan fingerprint density at radius 3 is 2.86 bits per heavy atom. The second-order valence-electron chi connectivity index (χ2n) is 2.25. The third kappa shape index (κ3) is 3.98. The highest BCUT2D eigenvalue weighted by Gasteiger charge is 1.88. The lowest BCUT2D eigenvalue weighted by Crippen LogP contribution is -1.75. The molecule has 0 aliphatic heterocycles. The molecule has 0 aliphatic rings. The summed E-state index contributed by atoms with van der Waals surface area (Å²) in [6, 6.07) is 5.34. The van der Waals surface area contributed by atoms with E-state index in [0.717, 1.165) is 0 Å². The van der Waals surface area contributed by atoms with Gasteiger partial charge in [0, 0.05) is 12.1 Å². The number of ether oxygens (including phenoxy) is 1. The predicted octanol–water partition coefficient (Wildman–Crippen LogP) is 2.81. The molecule has 0 atom stereocenters. The molecule has 0 fully saturated rings. The number of rotatable bonds is 4. The van der Waals surface area contributed by atoms with Crippen LogP contribution in [0.25, 0.3) is 0 Å². The van der Waals surface area contributed by atoms with Crippen LogP contribution in [0.2, 0.25) is 0 Å². The van der Waals surface area contributed by atoms with Crippen LogP contribution in [0.4, 0.5) is 0 Å². The molecule has 0 bridgehead atoms. The molecule has 0 saturated heterocycles. The lowest BCUT2D eigenvalue weighted by atomic mass is 10.4. The van der Waals surface area contributed by atoms with E-state index >= 15 is 0 Å². The number of nitriles is 1. The molecule has 0 spiro atoms. The second kappa shape index (κ2) is 6.32. The summed E-state index contributed by atoms with van der Waals surface area (Å²) in [4.78, 5) is 0. The molecule has 0 aromatic carbocycles. The SMILES string of the molecule is N#CC=CC=CC=COc1ccco1. The van der Waals surface area contributed by atoms with Crippen LogP contribution in [0.1, 0.15) is 0 Å². The molecule has 0 radical (unpaired) electrons. The van der Waals surface area contributed by atoms with Gasteiger partial charge in [0.1, 0.15) is 0 Å². The summed E-state index contributed by atoms with van der Waals surface area (Å²) in [7, 11) is 0. The first-order valence-corrected chi connectivity index (χ1v) is 4.01. The molecule has 3 nitrogen and oxygen atoms in total. The molecule has 14 heavy (non-hydrogen) atoms. The van der Waals surface area contributed by atoms with E-state index in [9.17, 15) is 0 Å². The minimum atomic E-state index is 0.446. The maximum atomic E-state index is 8.17. The van der Waals surface area contributed by atoms with Crippen LogP contribution < -0.4 is 4.74 Å². The molecule has 0 aliphatic carbocycles. The molecule has 0 N–H and O–H groups in total. The lowest BCUT2D eigenvalue weighted by Gasteiger charge is -1.89. The maximum Gasteiger partial charge on any atom is 0.289 e. The minimum Gasteiger partial charge on any atom is -0.434 e. The van der Waals surface area contributed by atoms with Gasteiger partial charge < -0.3 is 9.15 Å². The first kappa shape index (κ1) is 9.87. The van der Waals surface area contributed by atoms with Gasteiger partial charge in [-0.3, -0.25) is 0 Å². The van der Waals surface area contributed by atoms with Gasteiger partial charge in [0.15, 0.2) is 0 Å². The number of allylic oxidation sites excluding steroid dienone is 5. The van der Waals surface area contributed by atoms with Gasteiger partial charge in [0.05, 0.1) is 18.6 Å². The minimum absolute atomic E-state index is 0.446. The van der Waals surface area contributed by atoms with E-state index in [1.54, 1.807) is 36.4 Å². The Kier molecular flexibility index (Phi) is 4.46. The molecule has 1 aromatic rings. The lowest BCUT2D eigenvalue weighted by molar-refractivity contribution is 0.345. The molecular formula is C11H9NO2. The normalized spacial score (nSPS) is 11.4. The Morgan fingerprint density at radius 2 is 2.14 bits per heavy atom. The van der Waals surface area contributed by atoms with Crippen molar-refractivity contribution in [2.24, 2.45) is 0 Å². The summed E-state index contributed by atoms with van der Waals surface area (Å²) in [5, 5.41) is 8.17. The maximum absolute atomic E-state index is 8.17. The van der Waals surface area contributed by atoms with Gasteiger partial charge >= 0.3 is 0 Å². The highest BCUT2D eigenvalue weighted by molar-refractivity contribution is 5.15. The third-order valence-corrected chi connectivity index (χ3v) is 1.26. The van der Waals surface area contributed by atoms with Gasteiger partial charge in [-0.2, -0.15) is 5.26 Å². The number of furan rings is 1. The van der Waals surface area contributed by atoms with E-state index in [1.807, 2.05) is 6.07 Å². The van der Waals surface area contributed by atoms with Crippen LogP contribution in [-0.4, -0.2) is 0 Å². The van der Waals surface area contributed by atoms with Crippen molar-refractivity contribution in [3.8, 4) is 12.0 Å². The fourth-order valence-corrected chi connectivity index (χ4v) is 0.709. The number of hydrogen-bond acceptors (Lipinski definition) is 3. The van der Waals surface area contributed by atoms with Crippen LogP contribution in [0.3, 0.4) is 0 Å². The first-order chi connectivity index (χ1) is 6.93. The smallest absolute Gasteiger partial charge is 0.289 e. The van der Waals surface area contributed by atoms with Gasteiger partial charge in [-0.15, -0.1) is 0 Å². The highest BCUT2D eigenvalue weighted by Crippen LogP contribution is 2.09. The summed E-state index contributed by atoms with van der Waals surface area (Å²) in [5.41, 5.74) is 0. The summed E-state index contributed by atoms with van der Waals surface area (Å²) in [5.74, 6) is 0.446. The average Bonchev–Trinajstić information content (AvgIpc) is 2.69. The Hall–Kier alpha value is -2.21. The van der Waals surface area contributed by atoms with Gasteiger partial charge in [0.25, 0.3) is 5.95 Å². The van der Waals surface area contributed by atoms with Crippen molar-refractivity contribution in [1.29, 1.82) is 5.26 Å². The fraction of sp³-hybridized carbons (Fsp3) is 0. The monoisotopic (exact) mass is 187 g/mol. The van der Waals surface area contributed by atoms with Gasteiger partial charge in [-0.05, 0) is 12.1 Å². The van der Waals surface area contributed by atoms with Crippen molar-refractivity contribution in [1.82, 2.24) is 0 Å². The molecule has 1 rings (SSSR count). The van der Waals surface area contributed by atoms with Crippen molar-refractivity contribution in [3.63, 3.8) is 0 Å². The van der Waals surface area contributed by atoms with Crippen LogP contribution in [0, 0.1) is 11.3 Å². The van der Waals surface area contributed by atoms with Crippen LogP contribution >= 0.6 is 0 Å². The van der Waals surface area contributed by atoms with Crippen molar-refractivity contribution < 1.29 is 9.15 Å². The van der Waals surface area contributed by atoms with Crippen LogP contribution in [0.15, 0.2) is 59.5 Å². The summed E-state index contributed by atoms with van der Waals surface area (Å²) < 4.78 is 9.99. The molecule has 1 heterocycles. The van der Waals surface area contributed by atoms with E-state index in [1.165, 1.54) is 18.6 Å². The molecule has 70 valence electrons. The zero-order valence-corrected chi connectivity index (χ0v) is 7.46. The van der Waals surface area contributed by atoms with Gasteiger partial charge in [-0.25, -0.2) is 0 Å². The molecule has 0 saturated carbocycles. The average molecular weight is 187 g/mol. The molecule has 0 unspecified atom stereocenters. The molecule has 3 heteroatoms. The Labute approximate surface area is 82.2 Å². The predicted molar refractivity (Wildman–Crippen MR) is 52.4 cm³/mol. The van der Waals surface area contributed by atoms with E-state index in [-0.39, 0.29) is 0 Å².